The highest BCUT2D eigenvalue weighted by molar-refractivity contribution is 9.10. The number of halogens is 2. The molecule has 0 unspecified atom stereocenters. The van der Waals surface area contributed by atoms with Gasteiger partial charge in [0.1, 0.15) is 0 Å². The Labute approximate surface area is 131 Å². The summed E-state index contributed by atoms with van der Waals surface area (Å²) in [4.78, 5) is 4.04. The number of rotatable bonds is 4. The number of hydrogen-bond donors (Lipinski definition) is 0. The molecular formula is C15H13BrClN3. The lowest BCUT2D eigenvalue weighted by Crippen LogP contribution is -1.93. The first kappa shape index (κ1) is 14.8. The summed E-state index contributed by atoms with van der Waals surface area (Å²) in [5.41, 5.74) is 2.86. The second-order valence-electron chi connectivity index (χ2n) is 4.02. The normalized spacial score (nSPS) is 12.1. The Morgan fingerprint density at radius 1 is 1.50 bits per heavy atom. The fourth-order valence-corrected chi connectivity index (χ4v) is 2.20. The highest BCUT2D eigenvalue weighted by atomic mass is 79.9. The van der Waals surface area contributed by atoms with E-state index in [-0.39, 0.29) is 0 Å². The predicted molar refractivity (Wildman–Crippen MR) is 88.9 cm³/mol. The summed E-state index contributed by atoms with van der Waals surface area (Å²) in [5, 5.41) is 5.03. The van der Waals surface area contributed by atoms with Gasteiger partial charge in [0.25, 0.3) is 0 Å². The lowest BCUT2D eigenvalue weighted by Gasteiger charge is -2.03. The van der Waals surface area contributed by atoms with Gasteiger partial charge >= 0.3 is 0 Å². The van der Waals surface area contributed by atoms with Crippen LogP contribution in [-0.2, 0) is 0 Å². The topological polar surface area (TPSA) is 30.2 Å². The molecule has 1 aromatic heterocycles. The summed E-state index contributed by atoms with van der Waals surface area (Å²) in [5.74, 6) is 0. The first-order valence-corrected chi connectivity index (χ1v) is 7.08. The van der Waals surface area contributed by atoms with Crippen LogP contribution in [0, 0.1) is 0 Å². The van der Waals surface area contributed by atoms with Crippen LogP contribution >= 0.6 is 27.5 Å². The van der Waals surface area contributed by atoms with Crippen LogP contribution in [0.2, 0.25) is 5.02 Å². The van der Waals surface area contributed by atoms with Gasteiger partial charge in [0.05, 0.1) is 16.9 Å². The number of nitrogens with zero attached hydrogens (tertiary/aromatic N) is 3. The third-order valence-corrected chi connectivity index (χ3v) is 3.86. The highest BCUT2D eigenvalue weighted by Crippen LogP contribution is 2.25. The standard InChI is InChI=1S/C15H13BrClN3/c1-3-4-11(8-18-2)12-9-19-20(10-12)13-5-6-15(17)14(16)7-13/h3-10H,1H2,2H3/b11-4+,18-8?. The van der Waals surface area contributed by atoms with Gasteiger partial charge in [0, 0.05) is 35.1 Å². The molecule has 0 N–H and O–H groups in total. The average Bonchev–Trinajstić information content (AvgIpc) is 2.91. The van der Waals surface area contributed by atoms with Crippen molar-refractivity contribution in [2.75, 3.05) is 7.05 Å². The molecular weight excluding hydrogens is 338 g/mol. The summed E-state index contributed by atoms with van der Waals surface area (Å²) >= 11 is 9.40. The third kappa shape index (κ3) is 3.26. The highest BCUT2D eigenvalue weighted by Gasteiger charge is 2.05. The van der Waals surface area contributed by atoms with Crippen LogP contribution in [-0.4, -0.2) is 23.0 Å². The summed E-state index contributed by atoms with van der Waals surface area (Å²) in [6, 6.07) is 5.66. The molecule has 102 valence electrons. The summed E-state index contributed by atoms with van der Waals surface area (Å²) < 4.78 is 2.63. The Morgan fingerprint density at radius 2 is 2.30 bits per heavy atom. The van der Waals surface area contributed by atoms with E-state index in [2.05, 4.69) is 32.6 Å². The molecule has 1 aromatic carbocycles. The molecule has 0 amide bonds. The van der Waals surface area contributed by atoms with E-state index in [9.17, 15) is 0 Å². The second-order valence-corrected chi connectivity index (χ2v) is 5.28. The molecule has 0 saturated heterocycles. The van der Waals surface area contributed by atoms with Crippen molar-refractivity contribution in [3.8, 4) is 5.69 Å². The van der Waals surface area contributed by atoms with Gasteiger partial charge in [-0.15, -0.1) is 0 Å². The minimum atomic E-state index is 0.673. The van der Waals surface area contributed by atoms with Crippen LogP contribution in [0.4, 0.5) is 0 Å². The maximum atomic E-state index is 5.99. The third-order valence-electron chi connectivity index (χ3n) is 2.65. The van der Waals surface area contributed by atoms with E-state index < -0.39 is 0 Å². The molecule has 0 aliphatic carbocycles. The van der Waals surface area contributed by atoms with Crippen LogP contribution in [0.15, 0.2) is 58.8 Å². The Morgan fingerprint density at radius 3 is 2.95 bits per heavy atom. The van der Waals surface area contributed by atoms with Crippen LogP contribution in [0.25, 0.3) is 11.3 Å². The van der Waals surface area contributed by atoms with Crippen LogP contribution < -0.4 is 0 Å². The molecule has 0 atom stereocenters. The number of aromatic nitrogens is 2. The van der Waals surface area contributed by atoms with Crippen molar-refractivity contribution >= 4 is 39.3 Å². The fourth-order valence-electron chi connectivity index (χ4n) is 1.72. The van der Waals surface area contributed by atoms with Crippen LogP contribution in [0.3, 0.4) is 0 Å². The number of hydrogen-bond acceptors (Lipinski definition) is 2. The molecule has 20 heavy (non-hydrogen) atoms. The van der Waals surface area contributed by atoms with E-state index in [1.165, 1.54) is 0 Å². The summed E-state index contributed by atoms with van der Waals surface area (Å²) in [6.07, 6.45) is 9.13. The molecule has 3 nitrogen and oxygen atoms in total. The quantitative estimate of drug-likeness (QED) is 0.587. The predicted octanol–water partition coefficient (Wildman–Crippen LogP) is 4.56. The Bertz CT molecular complexity index is 686. The van der Waals surface area contributed by atoms with E-state index in [1.807, 2.05) is 30.5 Å². The van der Waals surface area contributed by atoms with Crippen molar-refractivity contribution in [2.45, 2.75) is 0 Å². The van der Waals surface area contributed by atoms with E-state index in [0.29, 0.717) is 5.02 Å². The Hall–Kier alpha value is -1.65. The number of benzene rings is 1. The van der Waals surface area contributed by atoms with E-state index >= 15 is 0 Å². The lowest BCUT2D eigenvalue weighted by molar-refractivity contribution is 0.880. The monoisotopic (exact) mass is 349 g/mol. The SMILES string of the molecule is C=C/C=C(\C=NC)c1cnn(-c2ccc(Cl)c(Br)c2)c1. The fraction of sp³-hybridized carbons (Fsp3) is 0.0667. The first-order valence-electron chi connectivity index (χ1n) is 5.91. The van der Waals surface area contributed by atoms with Crippen molar-refractivity contribution in [2.24, 2.45) is 4.99 Å². The molecule has 0 aliphatic rings. The van der Waals surface area contributed by atoms with Crippen molar-refractivity contribution in [1.29, 1.82) is 0 Å². The zero-order chi connectivity index (χ0) is 14.5. The molecule has 0 aliphatic heterocycles. The second kappa shape index (κ2) is 6.68. The Balaban J connectivity index is 2.39. The first-order chi connectivity index (χ1) is 9.65. The summed E-state index contributed by atoms with van der Waals surface area (Å²) in [7, 11) is 1.73. The molecule has 2 aromatic rings. The van der Waals surface area contributed by atoms with Crippen molar-refractivity contribution in [3.63, 3.8) is 0 Å². The molecule has 0 radical (unpaired) electrons. The molecule has 0 saturated carbocycles. The van der Waals surface area contributed by atoms with Gasteiger partial charge in [-0.2, -0.15) is 5.10 Å². The molecule has 2 rings (SSSR count). The average molecular weight is 351 g/mol. The van der Waals surface area contributed by atoms with Crippen molar-refractivity contribution < 1.29 is 0 Å². The van der Waals surface area contributed by atoms with Gasteiger partial charge in [-0.05, 0) is 34.1 Å². The molecule has 0 spiro atoms. The smallest absolute Gasteiger partial charge is 0.0658 e. The van der Waals surface area contributed by atoms with Gasteiger partial charge in [-0.1, -0.05) is 30.3 Å². The van der Waals surface area contributed by atoms with Crippen molar-refractivity contribution in [1.82, 2.24) is 9.78 Å². The van der Waals surface area contributed by atoms with Gasteiger partial charge in [0.15, 0.2) is 0 Å². The minimum absolute atomic E-state index is 0.673. The van der Waals surface area contributed by atoms with Gasteiger partial charge < -0.3 is 0 Å². The van der Waals surface area contributed by atoms with E-state index in [4.69, 9.17) is 11.6 Å². The van der Waals surface area contributed by atoms with E-state index in [0.717, 1.165) is 21.3 Å². The van der Waals surface area contributed by atoms with Gasteiger partial charge in [-0.25, -0.2) is 4.68 Å². The van der Waals surface area contributed by atoms with Gasteiger partial charge in [0.2, 0.25) is 0 Å². The lowest BCUT2D eigenvalue weighted by atomic mass is 10.1. The zero-order valence-electron chi connectivity index (χ0n) is 10.9. The molecule has 5 heteroatoms. The summed E-state index contributed by atoms with van der Waals surface area (Å²) in [6.45, 7) is 3.71. The molecule has 0 fully saturated rings. The molecule has 0 bridgehead atoms. The maximum Gasteiger partial charge on any atom is 0.0658 e. The van der Waals surface area contributed by atoms with Crippen molar-refractivity contribution in [3.05, 3.63) is 64.4 Å². The maximum absolute atomic E-state index is 5.99. The minimum Gasteiger partial charge on any atom is -0.296 e. The van der Waals surface area contributed by atoms with Crippen LogP contribution in [0.1, 0.15) is 5.56 Å². The van der Waals surface area contributed by atoms with Gasteiger partial charge in [-0.3, -0.25) is 4.99 Å². The molecule has 1 heterocycles. The zero-order valence-corrected chi connectivity index (χ0v) is 13.3. The Kier molecular flexibility index (Phi) is 4.93. The largest absolute Gasteiger partial charge is 0.296 e. The van der Waals surface area contributed by atoms with Crippen LogP contribution in [0.5, 0.6) is 0 Å². The van der Waals surface area contributed by atoms with E-state index in [1.54, 1.807) is 30.2 Å². The number of allylic oxidation sites excluding steroid dienone is 3. The number of aliphatic imine (C=N–C) groups is 1.